The van der Waals surface area contributed by atoms with Crippen LogP contribution in [0.4, 0.5) is 8.78 Å². The third-order valence-corrected chi connectivity index (χ3v) is 2.54. The first-order valence-corrected chi connectivity index (χ1v) is 4.83. The molecule has 0 spiro atoms. The van der Waals surface area contributed by atoms with Crippen molar-refractivity contribution in [3.8, 4) is 0 Å². The quantitative estimate of drug-likeness (QED) is 0.788. The van der Waals surface area contributed by atoms with E-state index >= 15 is 0 Å². The van der Waals surface area contributed by atoms with Crippen molar-refractivity contribution in [3.63, 3.8) is 0 Å². The van der Waals surface area contributed by atoms with Crippen LogP contribution in [0.2, 0.25) is 0 Å². The van der Waals surface area contributed by atoms with Crippen LogP contribution in [0, 0.1) is 5.82 Å². The van der Waals surface area contributed by atoms with Crippen molar-refractivity contribution in [3.05, 3.63) is 30.1 Å². The molecule has 0 amide bonds. The minimum absolute atomic E-state index is 0.166. The molecule has 5 heteroatoms. The normalized spacial score (nSPS) is 12.4. The van der Waals surface area contributed by atoms with Gasteiger partial charge < -0.3 is 5.11 Å². The van der Waals surface area contributed by atoms with E-state index in [0.29, 0.717) is 4.90 Å². The molecule has 1 unspecified atom stereocenters. The Labute approximate surface area is 83.9 Å². The molecule has 0 fully saturated rings. The summed E-state index contributed by atoms with van der Waals surface area (Å²) in [5.41, 5.74) is 0. The molecule has 1 rings (SSSR count). The molecule has 0 saturated carbocycles. The number of hydrogen-bond donors (Lipinski definition) is 1. The molecular weight excluding hydrogens is 210 g/mol. The summed E-state index contributed by atoms with van der Waals surface area (Å²) < 4.78 is 25.0. The highest BCUT2D eigenvalue weighted by Gasteiger charge is 2.15. The number of hydrogen-bond acceptors (Lipinski definition) is 2. The lowest BCUT2D eigenvalue weighted by atomic mass is 10.4. The van der Waals surface area contributed by atoms with E-state index in [4.69, 9.17) is 5.11 Å². The smallest absolute Gasteiger partial charge is 0.339 e. The van der Waals surface area contributed by atoms with Crippen LogP contribution in [0.15, 0.2) is 29.2 Å². The highest BCUT2D eigenvalue weighted by Crippen LogP contribution is 2.19. The minimum atomic E-state index is -1.88. The Hall–Kier alpha value is -1.10. The van der Waals surface area contributed by atoms with Crippen molar-refractivity contribution in [2.75, 3.05) is 5.75 Å². The molecule has 0 bridgehead atoms. The average molecular weight is 218 g/mol. The van der Waals surface area contributed by atoms with Crippen LogP contribution in [0.3, 0.4) is 0 Å². The Kier molecular flexibility index (Phi) is 3.88. The van der Waals surface area contributed by atoms with Gasteiger partial charge in [0.25, 0.3) is 0 Å². The van der Waals surface area contributed by atoms with Gasteiger partial charge in [-0.25, -0.2) is 13.6 Å². The van der Waals surface area contributed by atoms with Crippen LogP contribution in [0.25, 0.3) is 0 Å². The number of thioether (sulfide) groups is 1. The van der Waals surface area contributed by atoms with Crippen LogP contribution in [-0.4, -0.2) is 23.0 Å². The molecule has 0 aromatic heterocycles. The van der Waals surface area contributed by atoms with Gasteiger partial charge in [-0.2, -0.15) is 0 Å². The Morgan fingerprint density at radius 1 is 1.43 bits per heavy atom. The molecule has 1 aromatic carbocycles. The van der Waals surface area contributed by atoms with Crippen LogP contribution in [0.1, 0.15) is 0 Å². The molecular formula is C9H8F2O2S. The number of aliphatic carboxylic acids is 1. The Balaban J connectivity index is 2.46. The lowest BCUT2D eigenvalue weighted by Crippen LogP contribution is -2.16. The first kappa shape index (κ1) is 11.0. The molecule has 0 aliphatic carbocycles. The predicted octanol–water partition coefficient (Wildman–Crippen LogP) is 2.34. The van der Waals surface area contributed by atoms with Crippen LogP contribution in [-0.2, 0) is 4.79 Å². The van der Waals surface area contributed by atoms with E-state index < -0.39 is 12.1 Å². The van der Waals surface area contributed by atoms with Crippen LogP contribution < -0.4 is 0 Å². The van der Waals surface area contributed by atoms with Crippen molar-refractivity contribution < 1.29 is 18.7 Å². The SMILES string of the molecule is O=C(O)C(F)CSc1ccc(F)cc1. The first-order valence-electron chi connectivity index (χ1n) is 3.85. The molecule has 1 N–H and O–H groups in total. The Morgan fingerprint density at radius 2 is 2.00 bits per heavy atom. The molecule has 1 atom stereocenters. The lowest BCUT2D eigenvalue weighted by molar-refractivity contribution is -0.141. The Bertz CT molecular complexity index is 313. The van der Waals surface area contributed by atoms with Gasteiger partial charge in [-0.15, -0.1) is 11.8 Å². The standard InChI is InChI=1S/C9H8F2O2S/c10-6-1-3-7(4-2-6)14-5-8(11)9(12)13/h1-4,8H,5H2,(H,12,13). The van der Waals surface area contributed by atoms with Gasteiger partial charge in [0.05, 0.1) is 0 Å². The van der Waals surface area contributed by atoms with Crippen molar-refractivity contribution in [2.24, 2.45) is 0 Å². The van der Waals surface area contributed by atoms with Gasteiger partial charge in [-0.3, -0.25) is 0 Å². The molecule has 2 nitrogen and oxygen atoms in total. The maximum absolute atomic E-state index is 12.6. The van der Waals surface area contributed by atoms with E-state index in [1.54, 1.807) is 0 Å². The summed E-state index contributed by atoms with van der Waals surface area (Å²) in [6, 6.07) is 5.45. The maximum Gasteiger partial charge on any atom is 0.339 e. The van der Waals surface area contributed by atoms with Gasteiger partial charge in [0.1, 0.15) is 5.82 Å². The molecule has 0 saturated heterocycles. The molecule has 0 radical (unpaired) electrons. The number of carboxylic acid groups (broad SMARTS) is 1. The summed E-state index contributed by atoms with van der Waals surface area (Å²) >= 11 is 1.04. The number of carboxylic acids is 1. The third-order valence-electron chi connectivity index (χ3n) is 1.48. The summed E-state index contributed by atoms with van der Waals surface area (Å²) in [6.45, 7) is 0. The summed E-state index contributed by atoms with van der Waals surface area (Å²) in [7, 11) is 0. The van der Waals surface area contributed by atoms with Crippen LogP contribution >= 0.6 is 11.8 Å². The molecule has 1 aromatic rings. The zero-order valence-electron chi connectivity index (χ0n) is 7.11. The van der Waals surface area contributed by atoms with Gasteiger partial charge in [0.15, 0.2) is 0 Å². The van der Waals surface area contributed by atoms with Crippen molar-refractivity contribution >= 4 is 17.7 Å². The average Bonchev–Trinajstić information content (AvgIpc) is 2.16. The first-order chi connectivity index (χ1) is 6.59. The van der Waals surface area contributed by atoms with Gasteiger partial charge in [-0.05, 0) is 24.3 Å². The van der Waals surface area contributed by atoms with Crippen molar-refractivity contribution in [2.45, 2.75) is 11.1 Å². The fourth-order valence-corrected chi connectivity index (χ4v) is 1.58. The summed E-state index contributed by atoms with van der Waals surface area (Å²) in [5.74, 6) is -2.01. The molecule has 0 heterocycles. The number of benzene rings is 1. The van der Waals surface area contributed by atoms with E-state index in [1.165, 1.54) is 24.3 Å². The van der Waals surface area contributed by atoms with Crippen LogP contribution in [0.5, 0.6) is 0 Å². The van der Waals surface area contributed by atoms with E-state index in [0.717, 1.165) is 11.8 Å². The molecule has 14 heavy (non-hydrogen) atoms. The summed E-state index contributed by atoms with van der Waals surface area (Å²) in [4.78, 5) is 10.8. The van der Waals surface area contributed by atoms with Gasteiger partial charge >= 0.3 is 5.97 Å². The number of carbonyl (C=O) groups is 1. The highest BCUT2D eigenvalue weighted by atomic mass is 32.2. The predicted molar refractivity (Wildman–Crippen MR) is 49.7 cm³/mol. The van der Waals surface area contributed by atoms with Gasteiger partial charge in [0, 0.05) is 10.6 Å². The molecule has 0 aliphatic heterocycles. The topological polar surface area (TPSA) is 37.3 Å². The number of alkyl halides is 1. The second kappa shape index (κ2) is 4.95. The second-order valence-electron chi connectivity index (χ2n) is 2.57. The Morgan fingerprint density at radius 3 is 2.50 bits per heavy atom. The number of halogens is 2. The minimum Gasteiger partial charge on any atom is -0.479 e. The maximum atomic E-state index is 12.6. The van der Waals surface area contributed by atoms with Gasteiger partial charge in [0.2, 0.25) is 6.17 Å². The van der Waals surface area contributed by atoms with E-state index in [2.05, 4.69) is 0 Å². The largest absolute Gasteiger partial charge is 0.479 e. The van der Waals surface area contributed by atoms with E-state index in [-0.39, 0.29) is 11.6 Å². The van der Waals surface area contributed by atoms with Gasteiger partial charge in [-0.1, -0.05) is 0 Å². The zero-order valence-corrected chi connectivity index (χ0v) is 7.93. The lowest BCUT2D eigenvalue weighted by Gasteiger charge is -2.02. The molecule has 76 valence electrons. The summed E-state index contributed by atoms with van der Waals surface area (Å²) in [6.07, 6.45) is -1.88. The highest BCUT2D eigenvalue weighted by molar-refractivity contribution is 7.99. The fraction of sp³-hybridized carbons (Fsp3) is 0.222. The second-order valence-corrected chi connectivity index (χ2v) is 3.66. The third kappa shape index (κ3) is 3.33. The molecule has 0 aliphatic rings. The van der Waals surface area contributed by atoms with E-state index in [9.17, 15) is 13.6 Å². The zero-order chi connectivity index (χ0) is 10.6. The monoisotopic (exact) mass is 218 g/mol. The van der Waals surface area contributed by atoms with E-state index in [1.807, 2.05) is 0 Å². The number of rotatable bonds is 4. The van der Waals surface area contributed by atoms with Crippen molar-refractivity contribution in [1.29, 1.82) is 0 Å². The van der Waals surface area contributed by atoms with Crippen molar-refractivity contribution in [1.82, 2.24) is 0 Å². The fourth-order valence-electron chi connectivity index (χ4n) is 0.771. The summed E-state index contributed by atoms with van der Waals surface area (Å²) in [5, 5.41) is 8.26.